The molecule has 160 valence electrons. The number of carbonyl (C=O) groups excluding carboxylic acids is 1. The summed E-state index contributed by atoms with van der Waals surface area (Å²) in [4.78, 5) is 18.1. The number of nitrogens with two attached hydrogens (primary N) is 1. The summed E-state index contributed by atoms with van der Waals surface area (Å²) in [6.45, 7) is 5.25. The predicted octanol–water partition coefficient (Wildman–Crippen LogP) is 3.76. The van der Waals surface area contributed by atoms with Gasteiger partial charge in [-0.15, -0.1) is 0 Å². The maximum absolute atomic E-state index is 13.5. The van der Waals surface area contributed by atoms with E-state index in [2.05, 4.69) is 72.3 Å². The van der Waals surface area contributed by atoms with Crippen molar-refractivity contribution in [3.63, 3.8) is 0 Å². The van der Waals surface area contributed by atoms with Gasteiger partial charge in [0.15, 0.2) is 0 Å². The van der Waals surface area contributed by atoms with Crippen LogP contribution in [0.4, 0.5) is 0 Å². The fourth-order valence-electron chi connectivity index (χ4n) is 5.77. The van der Waals surface area contributed by atoms with Gasteiger partial charge in [0, 0.05) is 31.7 Å². The Kier molecular flexibility index (Phi) is 6.26. The van der Waals surface area contributed by atoms with Gasteiger partial charge in [-0.2, -0.15) is 0 Å². The van der Waals surface area contributed by atoms with Crippen molar-refractivity contribution in [1.82, 2.24) is 9.80 Å². The highest BCUT2D eigenvalue weighted by Gasteiger charge is 2.44. The number of nitrogens with zero attached hydrogens (tertiary/aromatic N) is 2. The molecular weight excluding hydrogens is 370 g/mol. The molecule has 1 spiro atoms. The molecule has 2 aromatic carbocycles. The van der Waals surface area contributed by atoms with E-state index in [1.807, 2.05) is 6.07 Å². The Morgan fingerprint density at radius 1 is 1.03 bits per heavy atom. The van der Waals surface area contributed by atoms with Gasteiger partial charge in [-0.05, 0) is 55.3 Å². The van der Waals surface area contributed by atoms with Gasteiger partial charge in [0.2, 0.25) is 5.91 Å². The van der Waals surface area contributed by atoms with E-state index in [0.29, 0.717) is 6.54 Å². The first kappa shape index (κ1) is 21.1. The van der Waals surface area contributed by atoms with E-state index in [4.69, 9.17) is 5.73 Å². The third-order valence-electron chi connectivity index (χ3n) is 7.59. The smallest absolute Gasteiger partial charge is 0.227 e. The molecule has 0 aromatic heterocycles. The molecule has 1 fully saturated rings. The summed E-state index contributed by atoms with van der Waals surface area (Å²) in [7, 11) is 2.25. The number of likely N-dealkylation sites (N-methyl/N-ethyl adjacent to an activating group) is 1. The van der Waals surface area contributed by atoms with Crippen LogP contribution in [0.15, 0.2) is 54.6 Å². The topological polar surface area (TPSA) is 49.6 Å². The van der Waals surface area contributed by atoms with Crippen molar-refractivity contribution < 1.29 is 4.79 Å². The SMILES string of the molecule is CC[C@@H](c1ccccc1)[C@@H](CN)C(=O)N1CCC2(CC1)c1ccccc1CCN2C. The molecule has 4 nitrogen and oxygen atoms in total. The van der Waals surface area contributed by atoms with Crippen molar-refractivity contribution in [1.29, 1.82) is 0 Å². The standard InChI is InChI=1S/C26H35N3O/c1-3-22(20-9-5-4-6-10-20)23(19-27)25(30)29-17-14-26(15-18-29)24-12-8-7-11-21(24)13-16-28(26)2/h4-12,22-23H,3,13-19,27H2,1-2H3/t22-,23+/m0/s1. The summed E-state index contributed by atoms with van der Waals surface area (Å²) < 4.78 is 0. The van der Waals surface area contributed by atoms with E-state index < -0.39 is 0 Å². The zero-order valence-corrected chi connectivity index (χ0v) is 18.4. The minimum atomic E-state index is -0.150. The highest BCUT2D eigenvalue weighted by molar-refractivity contribution is 5.80. The summed E-state index contributed by atoms with van der Waals surface area (Å²) in [6.07, 6.45) is 4.02. The minimum Gasteiger partial charge on any atom is -0.342 e. The first-order valence-electron chi connectivity index (χ1n) is 11.4. The van der Waals surface area contributed by atoms with Gasteiger partial charge in [-0.3, -0.25) is 9.69 Å². The quantitative estimate of drug-likeness (QED) is 0.824. The van der Waals surface area contributed by atoms with Crippen molar-refractivity contribution in [2.75, 3.05) is 33.2 Å². The van der Waals surface area contributed by atoms with Crippen LogP contribution in [0.25, 0.3) is 0 Å². The van der Waals surface area contributed by atoms with Crippen molar-refractivity contribution in [2.24, 2.45) is 11.7 Å². The normalized spacial score (nSPS) is 20.6. The Morgan fingerprint density at radius 2 is 1.70 bits per heavy atom. The second kappa shape index (κ2) is 8.91. The molecule has 2 atom stereocenters. The molecule has 0 radical (unpaired) electrons. The van der Waals surface area contributed by atoms with Crippen LogP contribution in [0.3, 0.4) is 0 Å². The fraction of sp³-hybridized carbons (Fsp3) is 0.500. The molecule has 0 saturated carbocycles. The minimum absolute atomic E-state index is 0.0629. The monoisotopic (exact) mass is 405 g/mol. The summed E-state index contributed by atoms with van der Waals surface area (Å²) >= 11 is 0. The van der Waals surface area contributed by atoms with Gasteiger partial charge >= 0.3 is 0 Å². The Hall–Kier alpha value is -2.17. The third kappa shape index (κ3) is 3.67. The van der Waals surface area contributed by atoms with Crippen LogP contribution < -0.4 is 5.73 Å². The van der Waals surface area contributed by atoms with Crippen molar-refractivity contribution >= 4 is 5.91 Å². The number of carbonyl (C=O) groups is 1. The van der Waals surface area contributed by atoms with E-state index in [1.54, 1.807) is 0 Å². The van der Waals surface area contributed by atoms with E-state index in [1.165, 1.54) is 16.7 Å². The summed E-state index contributed by atoms with van der Waals surface area (Å²) in [5, 5.41) is 0. The Labute approximate surface area is 181 Å². The lowest BCUT2D eigenvalue weighted by molar-refractivity contribution is -0.139. The summed E-state index contributed by atoms with van der Waals surface area (Å²) in [5.41, 5.74) is 10.4. The molecule has 2 aliphatic rings. The average Bonchev–Trinajstić information content (AvgIpc) is 2.80. The average molecular weight is 406 g/mol. The number of hydrogen-bond acceptors (Lipinski definition) is 3. The maximum atomic E-state index is 13.5. The van der Waals surface area contributed by atoms with Gasteiger partial charge in [0.25, 0.3) is 0 Å². The molecular formula is C26H35N3O. The molecule has 0 bridgehead atoms. The van der Waals surface area contributed by atoms with Crippen molar-refractivity contribution in [2.45, 2.75) is 44.1 Å². The van der Waals surface area contributed by atoms with E-state index in [9.17, 15) is 4.79 Å². The van der Waals surface area contributed by atoms with Gasteiger partial charge in [0.1, 0.15) is 0 Å². The molecule has 0 unspecified atom stereocenters. The van der Waals surface area contributed by atoms with Gasteiger partial charge in [-0.25, -0.2) is 0 Å². The van der Waals surface area contributed by atoms with Crippen LogP contribution in [0.2, 0.25) is 0 Å². The number of rotatable bonds is 5. The number of fused-ring (bicyclic) bond motifs is 2. The molecule has 1 saturated heterocycles. The summed E-state index contributed by atoms with van der Waals surface area (Å²) in [6, 6.07) is 19.3. The van der Waals surface area contributed by atoms with Crippen LogP contribution >= 0.6 is 0 Å². The lowest BCUT2D eigenvalue weighted by Gasteiger charge is -2.51. The zero-order chi connectivity index (χ0) is 21.1. The van der Waals surface area contributed by atoms with Crippen molar-refractivity contribution in [3.05, 3.63) is 71.3 Å². The number of benzene rings is 2. The second-order valence-corrected chi connectivity index (χ2v) is 8.95. The fourth-order valence-corrected chi connectivity index (χ4v) is 5.77. The molecule has 2 aromatic rings. The lowest BCUT2D eigenvalue weighted by atomic mass is 9.74. The Balaban J connectivity index is 1.51. The van der Waals surface area contributed by atoms with Crippen LogP contribution in [0.1, 0.15) is 48.8 Å². The zero-order valence-electron chi connectivity index (χ0n) is 18.4. The number of hydrogen-bond donors (Lipinski definition) is 1. The highest BCUT2D eigenvalue weighted by atomic mass is 16.2. The van der Waals surface area contributed by atoms with Gasteiger partial charge in [0.05, 0.1) is 5.92 Å². The maximum Gasteiger partial charge on any atom is 0.227 e. The Bertz CT molecular complexity index is 858. The molecule has 4 heteroatoms. The third-order valence-corrected chi connectivity index (χ3v) is 7.59. The molecule has 0 aliphatic carbocycles. The van der Waals surface area contributed by atoms with Crippen LogP contribution in [-0.2, 0) is 16.8 Å². The lowest BCUT2D eigenvalue weighted by Crippen LogP contribution is -2.56. The molecule has 4 rings (SSSR count). The first-order chi connectivity index (χ1) is 14.6. The predicted molar refractivity (Wildman–Crippen MR) is 122 cm³/mol. The summed E-state index contributed by atoms with van der Waals surface area (Å²) in [5.74, 6) is 0.260. The highest BCUT2D eigenvalue weighted by Crippen LogP contribution is 2.43. The molecule has 2 aliphatic heterocycles. The largest absolute Gasteiger partial charge is 0.342 e. The molecule has 2 N–H and O–H groups in total. The van der Waals surface area contributed by atoms with Gasteiger partial charge in [-0.1, -0.05) is 61.5 Å². The number of amides is 1. The van der Waals surface area contributed by atoms with Gasteiger partial charge < -0.3 is 10.6 Å². The molecule has 2 heterocycles. The molecule has 1 amide bonds. The van der Waals surface area contributed by atoms with E-state index in [0.717, 1.165) is 45.3 Å². The first-order valence-corrected chi connectivity index (χ1v) is 11.4. The van der Waals surface area contributed by atoms with Crippen molar-refractivity contribution in [3.8, 4) is 0 Å². The number of piperidine rings is 1. The van der Waals surface area contributed by atoms with E-state index in [-0.39, 0.29) is 23.3 Å². The van der Waals surface area contributed by atoms with E-state index >= 15 is 0 Å². The number of likely N-dealkylation sites (tertiary alicyclic amines) is 1. The molecule has 30 heavy (non-hydrogen) atoms. The second-order valence-electron chi connectivity index (χ2n) is 8.95. The van der Waals surface area contributed by atoms with Crippen LogP contribution in [0, 0.1) is 5.92 Å². The Morgan fingerprint density at radius 3 is 2.37 bits per heavy atom. The van der Waals surface area contributed by atoms with Crippen LogP contribution in [0.5, 0.6) is 0 Å². The van der Waals surface area contributed by atoms with Crippen LogP contribution in [-0.4, -0.2) is 48.9 Å².